The lowest BCUT2D eigenvalue weighted by atomic mass is 10.1. The van der Waals surface area contributed by atoms with E-state index in [2.05, 4.69) is 10.3 Å². The Morgan fingerprint density at radius 2 is 1.93 bits per heavy atom. The Hall–Kier alpha value is -2.49. The molecule has 0 saturated carbocycles. The first-order valence-electron chi connectivity index (χ1n) is 9.29. The molecule has 0 unspecified atom stereocenters. The van der Waals surface area contributed by atoms with Crippen molar-refractivity contribution < 1.29 is 13.2 Å². The lowest BCUT2D eigenvalue weighted by Gasteiger charge is -2.19. The summed E-state index contributed by atoms with van der Waals surface area (Å²) in [4.78, 5) is 28.7. The van der Waals surface area contributed by atoms with Crippen LogP contribution in [0, 0.1) is 0 Å². The summed E-state index contributed by atoms with van der Waals surface area (Å²) in [6.45, 7) is 6.08. The van der Waals surface area contributed by atoms with Crippen LogP contribution in [-0.2, 0) is 10.0 Å². The van der Waals surface area contributed by atoms with Gasteiger partial charge in [-0.25, -0.2) is 8.42 Å². The Balaban J connectivity index is 2.07. The summed E-state index contributed by atoms with van der Waals surface area (Å²) in [5.41, 5.74) is 0.124. The Kier molecular flexibility index (Phi) is 6.21. The van der Waals surface area contributed by atoms with E-state index in [0.29, 0.717) is 24.0 Å². The number of H-pyrrole nitrogens is 1. The van der Waals surface area contributed by atoms with E-state index >= 15 is 0 Å². The molecule has 3 aromatic rings. The van der Waals surface area contributed by atoms with Gasteiger partial charge in [0.15, 0.2) is 0 Å². The normalized spacial score (nSPS) is 13.0. The van der Waals surface area contributed by atoms with Gasteiger partial charge in [0.1, 0.15) is 0 Å². The van der Waals surface area contributed by atoms with Crippen molar-refractivity contribution in [3.05, 3.63) is 62.6 Å². The first-order chi connectivity index (χ1) is 13.8. The summed E-state index contributed by atoms with van der Waals surface area (Å²) in [6, 6.07) is 9.19. The quantitative estimate of drug-likeness (QED) is 0.598. The van der Waals surface area contributed by atoms with Crippen molar-refractivity contribution in [2.75, 3.05) is 13.1 Å². The zero-order chi connectivity index (χ0) is 21.2. The molecule has 9 heteroatoms. The Morgan fingerprint density at radius 3 is 2.55 bits per heavy atom. The molecule has 0 radical (unpaired) electrons. The maximum Gasteiger partial charge on any atom is 0.252 e. The van der Waals surface area contributed by atoms with Crippen molar-refractivity contribution in [3.8, 4) is 0 Å². The zero-order valence-corrected chi connectivity index (χ0v) is 18.1. The number of carbonyl (C=O) groups excluding carboxylic acids is 1. The molecular formula is C20H23N3O4S2. The second kappa shape index (κ2) is 8.48. The molecule has 0 spiro atoms. The number of thiophene rings is 1. The van der Waals surface area contributed by atoms with Crippen LogP contribution < -0.4 is 10.9 Å². The molecule has 7 nitrogen and oxygen atoms in total. The number of fused-ring (bicyclic) bond motifs is 1. The van der Waals surface area contributed by atoms with Crippen molar-refractivity contribution in [3.63, 3.8) is 0 Å². The van der Waals surface area contributed by atoms with Crippen LogP contribution in [0.4, 0.5) is 0 Å². The van der Waals surface area contributed by atoms with Crippen molar-refractivity contribution in [2.24, 2.45) is 0 Å². The van der Waals surface area contributed by atoms with E-state index in [0.717, 1.165) is 4.88 Å². The average Bonchev–Trinajstić information content (AvgIpc) is 3.22. The van der Waals surface area contributed by atoms with Gasteiger partial charge in [0.2, 0.25) is 15.6 Å². The second-order valence-electron chi connectivity index (χ2n) is 6.55. The third-order valence-corrected chi connectivity index (χ3v) is 7.82. The van der Waals surface area contributed by atoms with E-state index in [1.807, 2.05) is 24.4 Å². The predicted molar refractivity (Wildman–Crippen MR) is 115 cm³/mol. The summed E-state index contributed by atoms with van der Waals surface area (Å²) in [5.74, 6) is -0.431. The molecule has 0 bridgehead atoms. The van der Waals surface area contributed by atoms with E-state index < -0.39 is 21.5 Å². The van der Waals surface area contributed by atoms with Crippen LogP contribution in [-0.4, -0.2) is 36.7 Å². The molecule has 0 aliphatic rings. The van der Waals surface area contributed by atoms with E-state index in [9.17, 15) is 18.0 Å². The highest BCUT2D eigenvalue weighted by atomic mass is 32.2. The molecule has 2 N–H and O–H groups in total. The summed E-state index contributed by atoms with van der Waals surface area (Å²) in [6.07, 6.45) is 0. The summed E-state index contributed by atoms with van der Waals surface area (Å²) >= 11 is 1.52. The minimum atomic E-state index is -3.69. The van der Waals surface area contributed by atoms with E-state index in [1.54, 1.807) is 13.8 Å². The molecule has 0 fully saturated rings. The molecule has 0 saturated heterocycles. The van der Waals surface area contributed by atoms with Gasteiger partial charge >= 0.3 is 0 Å². The third kappa shape index (κ3) is 4.26. The fraction of sp³-hybridized carbons (Fsp3) is 0.300. The highest BCUT2D eigenvalue weighted by molar-refractivity contribution is 7.89. The van der Waals surface area contributed by atoms with Crippen molar-refractivity contribution in [1.29, 1.82) is 0 Å². The van der Waals surface area contributed by atoms with Crippen LogP contribution in [0.1, 0.15) is 42.0 Å². The lowest BCUT2D eigenvalue weighted by Crippen LogP contribution is -2.30. The van der Waals surface area contributed by atoms with Crippen LogP contribution >= 0.6 is 11.3 Å². The summed E-state index contributed by atoms with van der Waals surface area (Å²) < 4.78 is 27.1. The number of pyridine rings is 1. The Morgan fingerprint density at radius 1 is 1.21 bits per heavy atom. The number of benzene rings is 1. The van der Waals surface area contributed by atoms with Crippen molar-refractivity contribution in [1.82, 2.24) is 14.6 Å². The lowest BCUT2D eigenvalue weighted by molar-refractivity contribution is 0.0942. The number of amides is 1. The number of hydrogen-bond donors (Lipinski definition) is 2. The molecule has 1 atom stereocenters. The van der Waals surface area contributed by atoms with Gasteiger partial charge in [0.25, 0.3) is 5.91 Å². The van der Waals surface area contributed by atoms with Gasteiger partial charge in [0.05, 0.1) is 16.5 Å². The number of hydrogen-bond acceptors (Lipinski definition) is 5. The standard InChI is InChI=1S/C20H23N3O4S2/c1-4-23(5-2)29(26,27)14-8-9-17-15(11-14)16(12-19(24)22-17)20(25)21-13(3)18-7-6-10-28-18/h6-13H,4-5H2,1-3H3,(H,21,25)(H,22,24)/t13-/m1/s1. The van der Waals surface area contributed by atoms with Gasteiger partial charge in [-0.15, -0.1) is 11.3 Å². The number of carbonyl (C=O) groups is 1. The minimum absolute atomic E-state index is 0.0844. The van der Waals surface area contributed by atoms with Crippen LogP contribution in [0.5, 0.6) is 0 Å². The van der Waals surface area contributed by atoms with Crippen molar-refractivity contribution >= 4 is 38.2 Å². The molecular weight excluding hydrogens is 410 g/mol. The van der Waals surface area contributed by atoms with Crippen LogP contribution in [0.3, 0.4) is 0 Å². The molecule has 1 aromatic carbocycles. The van der Waals surface area contributed by atoms with E-state index in [-0.39, 0.29) is 16.5 Å². The first kappa shape index (κ1) is 21.2. The number of aromatic amines is 1. The SMILES string of the molecule is CCN(CC)S(=O)(=O)c1ccc2[nH]c(=O)cc(C(=O)N[C@H](C)c3cccs3)c2c1. The maximum atomic E-state index is 12.9. The molecule has 3 rings (SSSR count). The van der Waals surface area contributed by atoms with Gasteiger partial charge in [-0.3, -0.25) is 9.59 Å². The van der Waals surface area contributed by atoms with Crippen LogP contribution in [0.25, 0.3) is 10.9 Å². The summed E-state index contributed by atoms with van der Waals surface area (Å²) in [5, 5.41) is 5.18. The van der Waals surface area contributed by atoms with Crippen molar-refractivity contribution in [2.45, 2.75) is 31.7 Å². The van der Waals surface area contributed by atoms with E-state index in [1.165, 1.54) is 39.9 Å². The van der Waals surface area contributed by atoms with E-state index in [4.69, 9.17) is 0 Å². The Labute approximate surface area is 173 Å². The molecule has 2 heterocycles. The molecule has 0 aliphatic carbocycles. The Bertz CT molecular complexity index is 1180. The van der Waals surface area contributed by atoms with Gasteiger partial charge < -0.3 is 10.3 Å². The second-order valence-corrected chi connectivity index (χ2v) is 9.47. The molecule has 2 aromatic heterocycles. The molecule has 0 aliphatic heterocycles. The highest BCUT2D eigenvalue weighted by Crippen LogP contribution is 2.24. The fourth-order valence-corrected chi connectivity index (χ4v) is 5.40. The third-order valence-electron chi connectivity index (χ3n) is 4.72. The predicted octanol–water partition coefficient (Wildman–Crippen LogP) is 3.11. The molecule has 29 heavy (non-hydrogen) atoms. The highest BCUT2D eigenvalue weighted by Gasteiger charge is 2.23. The maximum absolute atomic E-state index is 12.9. The average molecular weight is 434 g/mol. The monoisotopic (exact) mass is 433 g/mol. The van der Waals surface area contributed by atoms with Gasteiger partial charge in [-0.1, -0.05) is 19.9 Å². The first-order valence-corrected chi connectivity index (χ1v) is 11.6. The largest absolute Gasteiger partial charge is 0.345 e. The minimum Gasteiger partial charge on any atom is -0.345 e. The molecule has 1 amide bonds. The van der Waals surface area contributed by atoms with Gasteiger partial charge in [0, 0.05) is 34.9 Å². The van der Waals surface area contributed by atoms with Crippen LogP contribution in [0.15, 0.2) is 51.5 Å². The number of aromatic nitrogens is 1. The topological polar surface area (TPSA) is 99.3 Å². The number of rotatable bonds is 7. The number of nitrogens with one attached hydrogen (secondary N) is 2. The molecule has 154 valence electrons. The van der Waals surface area contributed by atoms with Gasteiger partial charge in [-0.2, -0.15) is 4.31 Å². The summed E-state index contributed by atoms with van der Waals surface area (Å²) in [7, 11) is -3.69. The van der Waals surface area contributed by atoms with Crippen LogP contribution in [0.2, 0.25) is 0 Å². The smallest absolute Gasteiger partial charge is 0.252 e. The number of sulfonamides is 1. The number of nitrogens with zero attached hydrogens (tertiary/aromatic N) is 1. The fourth-order valence-electron chi connectivity index (χ4n) is 3.18. The zero-order valence-electron chi connectivity index (χ0n) is 16.4. The van der Waals surface area contributed by atoms with Gasteiger partial charge in [-0.05, 0) is 36.6 Å².